The zero-order valence-corrected chi connectivity index (χ0v) is 20.9. The predicted octanol–water partition coefficient (Wildman–Crippen LogP) is 7.87. The average Bonchev–Trinajstić information content (AvgIpc) is 2.66. The highest BCUT2D eigenvalue weighted by Gasteiger charge is 2.38. The molecule has 0 radical (unpaired) electrons. The Morgan fingerprint density at radius 1 is 1.03 bits per heavy atom. The summed E-state index contributed by atoms with van der Waals surface area (Å²) in [5.74, 6) is -1.84. The van der Waals surface area contributed by atoms with Crippen molar-refractivity contribution in [2.75, 3.05) is 7.11 Å². The molecule has 0 heterocycles. The minimum atomic E-state index is -4.53. The molecule has 0 aliphatic heterocycles. The molecular weight excluding hydrogens is 440 g/mol. The van der Waals surface area contributed by atoms with E-state index in [-0.39, 0.29) is 28.9 Å². The van der Waals surface area contributed by atoms with Gasteiger partial charge in [-0.05, 0) is 58.9 Å². The number of hydrogen-bond donors (Lipinski definition) is 1. The number of phenolic OH excluding ortho intramolecular Hbond substituents is 1. The molecule has 0 spiro atoms. The topological polar surface area (TPSA) is 38.7 Å². The zero-order valence-electron chi connectivity index (χ0n) is 19.9. The molecule has 0 saturated heterocycles. The highest BCUT2D eigenvalue weighted by molar-refractivity contribution is 6.74. The van der Waals surface area contributed by atoms with Crippen LogP contribution in [0.2, 0.25) is 18.1 Å². The van der Waals surface area contributed by atoms with E-state index in [2.05, 4.69) is 0 Å². The summed E-state index contributed by atoms with van der Waals surface area (Å²) in [6.07, 6.45) is -4.53. The number of ether oxygens (including phenoxy) is 1. The van der Waals surface area contributed by atoms with Crippen LogP contribution in [0.4, 0.5) is 17.6 Å². The van der Waals surface area contributed by atoms with Gasteiger partial charge < -0.3 is 14.3 Å². The molecule has 2 aromatic carbocycles. The van der Waals surface area contributed by atoms with Crippen LogP contribution in [0.3, 0.4) is 0 Å². The molecule has 178 valence electrons. The van der Waals surface area contributed by atoms with Gasteiger partial charge in [-0.2, -0.15) is 13.2 Å². The van der Waals surface area contributed by atoms with Crippen molar-refractivity contribution in [1.82, 2.24) is 0 Å². The van der Waals surface area contributed by atoms with E-state index in [9.17, 15) is 22.7 Å². The van der Waals surface area contributed by atoms with E-state index in [1.54, 1.807) is 13.8 Å². The fraction of sp³-hybridized carbons (Fsp3) is 0.500. The number of rotatable bonds is 6. The van der Waals surface area contributed by atoms with E-state index < -0.39 is 31.6 Å². The Balaban J connectivity index is 2.74. The number of hydrogen-bond acceptors (Lipinski definition) is 3. The summed E-state index contributed by atoms with van der Waals surface area (Å²) in [6.45, 7) is 13.6. The van der Waals surface area contributed by atoms with Crippen molar-refractivity contribution in [3.8, 4) is 22.6 Å². The molecule has 32 heavy (non-hydrogen) atoms. The lowest BCUT2D eigenvalue weighted by Gasteiger charge is -2.36. The predicted molar refractivity (Wildman–Crippen MR) is 121 cm³/mol. The Morgan fingerprint density at radius 3 is 2.09 bits per heavy atom. The van der Waals surface area contributed by atoms with Gasteiger partial charge in [0, 0.05) is 5.56 Å². The molecule has 0 atom stereocenters. The molecule has 0 aromatic heterocycles. The lowest BCUT2D eigenvalue weighted by atomic mass is 9.92. The SMILES string of the molecule is COc1c(-c2ccc(C(F)(F)F)cc2CO[Si](C)(C)C(C)(C)C)cc(C(C)C)c(F)c1O. The van der Waals surface area contributed by atoms with Crippen LogP contribution >= 0.6 is 0 Å². The highest BCUT2D eigenvalue weighted by atomic mass is 28.4. The van der Waals surface area contributed by atoms with Crippen molar-refractivity contribution in [2.45, 2.75) is 71.5 Å². The molecule has 2 rings (SSSR count). The smallest absolute Gasteiger partial charge is 0.416 e. The van der Waals surface area contributed by atoms with Gasteiger partial charge in [-0.1, -0.05) is 40.7 Å². The van der Waals surface area contributed by atoms with E-state index >= 15 is 0 Å². The van der Waals surface area contributed by atoms with Crippen LogP contribution in [0, 0.1) is 5.82 Å². The van der Waals surface area contributed by atoms with Crippen molar-refractivity contribution < 1.29 is 31.8 Å². The first-order valence-electron chi connectivity index (χ1n) is 10.4. The summed E-state index contributed by atoms with van der Waals surface area (Å²) >= 11 is 0. The normalized spacial score (nSPS) is 13.0. The largest absolute Gasteiger partial charge is 0.502 e. The summed E-state index contributed by atoms with van der Waals surface area (Å²) in [6, 6.07) is 4.88. The molecule has 0 amide bonds. The third-order valence-electron chi connectivity index (χ3n) is 6.16. The number of aromatic hydroxyl groups is 1. The Bertz CT molecular complexity index is 977. The Hall–Kier alpha value is -2.06. The molecule has 1 N–H and O–H groups in total. The van der Waals surface area contributed by atoms with Crippen LogP contribution in [0.15, 0.2) is 24.3 Å². The van der Waals surface area contributed by atoms with Crippen LogP contribution < -0.4 is 4.74 Å². The maximum Gasteiger partial charge on any atom is 0.416 e. The summed E-state index contributed by atoms with van der Waals surface area (Å²) in [5, 5.41) is 10.3. The molecule has 0 saturated carbocycles. The fourth-order valence-corrected chi connectivity index (χ4v) is 4.05. The van der Waals surface area contributed by atoms with Crippen molar-refractivity contribution in [1.29, 1.82) is 0 Å². The molecule has 8 heteroatoms. The number of benzene rings is 2. The van der Waals surface area contributed by atoms with Crippen molar-refractivity contribution in [2.24, 2.45) is 0 Å². The molecule has 3 nitrogen and oxygen atoms in total. The summed E-state index contributed by atoms with van der Waals surface area (Å²) in [5.41, 5.74) is 0.450. The lowest BCUT2D eigenvalue weighted by molar-refractivity contribution is -0.137. The molecule has 2 aromatic rings. The highest BCUT2D eigenvalue weighted by Crippen LogP contribution is 2.45. The van der Waals surface area contributed by atoms with Crippen molar-refractivity contribution in [3.05, 3.63) is 46.8 Å². The number of methoxy groups -OCH3 is 1. The van der Waals surface area contributed by atoms with Crippen molar-refractivity contribution >= 4 is 8.32 Å². The Labute approximate surface area is 188 Å². The maximum atomic E-state index is 14.7. The number of phenols is 1. The van der Waals surface area contributed by atoms with Gasteiger partial charge in [0.25, 0.3) is 0 Å². The van der Waals surface area contributed by atoms with Gasteiger partial charge in [0.15, 0.2) is 25.6 Å². The monoisotopic (exact) mass is 472 g/mol. The minimum absolute atomic E-state index is 0.0476. The minimum Gasteiger partial charge on any atom is -0.502 e. The van der Waals surface area contributed by atoms with E-state index in [1.165, 1.54) is 19.2 Å². The Kier molecular flexibility index (Phi) is 7.41. The first kappa shape index (κ1) is 26.2. The Morgan fingerprint density at radius 2 is 1.62 bits per heavy atom. The molecular formula is C24H32F4O3Si. The van der Waals surface area contributed by atoms with Gasteiger partial charge >= 0.3 is 6.18 Å². The van der Waals surface area contributed by atoms with Gasteiger partial charge in [0.05, 0.1) is 19.3 Å². The number of alkyl halides is 3. The van der Waals surface area contributed by atoms with Crippen LogP contribution in [0.5, 0.6) is 11.5 Å². The molecule has 0 aliphatic rings. The first-order chi connectivity index (χ1) is 14.5. The van der Waals surface area contributed by atoms with Crippen LogP contribution in [0.1, 0.15) is 57.2 Å². The second-order valence-electron chi connectivity index (χ2n) is 9.78. The van der Waals surface area contributed by atoms with Gasteiger partial charge in [-0.3, -0.25) is 0 Å². The quantitative estimate of drug-likeness (QED) is 0.343. The van der Waals surface area contributed by atoms with E-state index in [0.29, 0.717) is 16.7 Å². The molecule has 0 fully saturated rings. The van der Waals surface area contributed by atoms with Gasteiger partial charge in [-0.25, -0.2) is 4.39 Å². The van der Waals surface area contributed by atoms with Gasteiger partial charge in [0.1, 0.15) is 0 Å². The molecule has 0 bridgehead atoms. The van der Waals surface area contributed by atoms with E-state index in [4.69, 9.17) is 9.16 Å². The summed E-state index contributed by atoms with van der Waals surface area (Å²) in [7, 11) is -0.987. The lowest BCUT2D eigenvalue weighted by Crippen LogP contribution is -2.40. The van der Waals surface area contributed by atoms with Gasteiger partial charge in [0.2, 0.25) is 0 Å². The summed E-state index contributed by atoms with van der Waals surface area (Å²) in [4.78, 5) is 0. The van der Waals surface area contributed by atoms with Crippen LogP contribution in [-0.2, 0) is 17.2 Å². The summed E-state index contributed by atoms with van der Waals surface area (Å²) < 4.78 is 66.5. The number of halogens is 4. The standard InChI is InChI=1S/C24H32F4O3Si/c1-14(2)18-12-19(22(30-6)21(29)20(18)25)17-10-9-16(24(26,27)28)11-15(17)13-31-32(7,8)23(3,4)5/h9-12,14,29H,13H2,1-8H3. The third-order valence-corrected chi connectivity index (χ3v) is 10.6. The average molecular weight is 473 g/mol. The zero-order chi connectivity index (χ0) is 24.6. The van der Waals surface area contributed by atoms with Crippen molar-refractivity contribution in [3.63, 3.8) is 0 Å². The van der Waals surface area contributed by atoms with Crippen LogP contribution in [-0.4, -0.2) is 20.5 Å². The van der Waals surface area contributed by atoms with Crippen LogP contribution in [0.25, 0.3) is 11.1 Å². The van der Waals surface area contributed by atoms with E-state index in [0.717, 1.165) is 12.1 Å². The van der Waals surface area contributed by atoms with E-state index in [1.807, 2.05) is 33.9 Å². The second kappa shape index (κ2) is 9.06. The second-order valence-corrected chi connectivity index (χ2v) is 14.6. The van der Waals surface area contributed by atoms with Gasteiger partial charge in [-0.15, -0.1) is 0 Å². The first-order valence-corrected chi connectivity index (χ1v) is 13.4. The fourth-order valence-electron chi connectivity index (χ4n) is 3.10. The maximum absolute atomic E-state index is 14.7. The molecule has 0 aliphatic carbocycles. The molecule has 0 unspecified atom stereocenters. The third kappa shape index (κ3) is 5.28.